The molecule has 1 rings (SSSR count). The van der Waals surface area contributed by atoms with Crippen molar-refractivity contribution in [1.82, 2.24) is 5.32 Å². The van der Waals surface area contributed by atoms with Crippen molar-refractivity contribution in [3.8, 4) is 0 Å². The van der Waals surface area contributed by atoms with Crippen molar-refractivity contribution in [2.24, 2.45) is 11.8 Å². The average Bonchev–Trinajstić information content (AvgIpc) is 2.55. The minimum atomic E-state index is -0.610. The van der Waals surface area contributed by atoms with E-state index in [0.29, 0.717) is 6.61 Å². The number of carbonyl (C=O) groups is 2. The normalized spacial score (nSPS) is 27.9. The molecule has 0 aliphatic carbocycles. The lowest BCUT2D eigenvalue weighted by atomic mass is 9.89. The zero-order valence-corrected chi connectivity index (χ0v) is 11.0. The van der Waals surface area contributed by atoms with Crippen LogP contribution in [0, 0.1) is 11.8 Å². The molecule has 1 heterocycles. The van der Waals surface area contributed by atoms with E-state index in [9.17, 15) is 9.59 Å². The van der Waals surface area contributed by atoms with E-state index in [1.807, 2.05) is 6.92 Å². The second kappa shape index (κ2) is 6.62. The molecule has 3 unspecified atom stereocenters. The van der Waals surface area contributed by atoms with Crippen molar-refractivity contribution in [3.05, 3.63) is 0 Å². The van der Waals surface area contributed by atoms with Gasteiger partial charge in [-0.05, 0) is 19.3 Å². The fourth-order valence-electron chi connectivity index (χ4n) is 2.38. The average molecular weight is 241 g/mol. The summed E-state index contributed by atoms with van der Waals surface area (Å²) in [6.07, 6.45) is 4.39. The Morgan fingerprint density at radius 1 is 1.35 bits per heavy atom. The van der Waals surface area contributed by atoms with E-state index < -0.39 is 5.92 Å². The standard InChI is InChI=1S/C13H23NO3/c1-4-6-7-8-10-9(3)11(12(15)14-10)13(16)17-5-2/h9-11H,4-8H2,1-3H3,(H,14,15). The third-order valence-corrected chi connectivity index (χ3v) is 3.43. The van der Waals surface area contributed by atoms with Crippen LogP contribution in [0.1, 0.15) is 46.5 Å². The maximum Gasteiger partial charge on any atom is 0.318 e. The van der Waals surface area contributed by atoms with E-state index in [4.69, 9.17) is 4.74 Å². The Hall–Kier alpha value is -1.06. The number of hydrogen-bond donors (Lipinski definition) is 1. The van der Waals surface area contributed by atoms with Crippen LogP contribution in [0.3, 0.4) is 0 Å². The van der Waals surface area contributed by atoms with Gasteiger partial charge in [0.1, 0.15) is 5.92 Å². The molecular formula is C13H23NO3. The van der Waals surface area contributed by atoms with E-state index >= 15 is 0 Å². The van der Waals surface area contributed by atoms with Gasteiger partial charge < -0.3 is 10.1 Å². The molecule has 1 aliphatic heterocycles. The lowest BCUT2D eigenvalue weighted by molar-refractivity contribution is -0.152. The van der Waals surface area contributed by atoms with Gasteiger partial charge in [0.25, 0.3) is 0 Å². The quantitative estimate of drug-likeness (QED) is 0.439. The van der Waals surface area contributed by atoms with E-state index in [2.05, 4.69) is 12.2 Å². The summed E-state index contributed by atoms with van der Waals surface area (Å²) in [7, 11) is 0. The number of hydrogen-bond acceptors (Lipinski definition) is 3. The molecule has 1 N–H and O–H groups in total. The molecule has 98 valence electrons. The number of esters is 1. The zero-order chi connectivity index (χ0) is 12.8. The van der Waals surface area contributed by atoms with Gasteiger partial charge in [0.15, 0.2) is 0 Å². The van der Waals surface area contributed by atoms with Gasteiger partial charge in [0.05, 0.1) is 6.61 Å². The Bertz CT molecular complexity index is 278. The van der Waals surface area contributed by atoms with Crippen LogP contribution < -0.4 is 5.32 Å². The molecule has 0 spiro atoms. The van der Waals surface area contributed by atoms with Crippen LogP contribution in [0.5, 0.6) is 0 Å². The molecule has 4 heteroatoms. The van der Waals surface area contributed by atoms with Crippen molar-refractivity contribution < 1.29 is 14.3 Å². The highest BCUT2D eigenvalue weighted by Gasteiger charge is 2.44. The Morgan fingerprint density at radius 3 is 2.65 bits per heavy atom. The maximum atomic E-state index is 11.7. The highest BCUT2D eigenvalue weighted by atomic mass is 16.5. The van der Waals surface area contributed by atoms with Crippen molar-refractivity contribution >= 4 is 11.9 Å². The summed E-state index contributed by atoms with van der Waals surface area (Å²) in [4.78, 5) is 23.4. The van der Waals surface area contributed by atoms with Crippen LogP contribution in [-0.4, -0.2) is 24.5 Å². The summed E-state index contributed by atoms with van der Waals surface area (Å²) in [5, 5.41) is 2.91. The first-order valence-corrected chi connectivity index (χ1v) is 6.58. The van der Waals surface area contributed by atoms with Gasteiger partial charge >= 0.3 is 5.97 Å². The van der Waals surface area contributed by atoms with Gasteiger partial charge in [-0.1, -0.05) is 33.1 Å². The third-order valence-electron chi connectivity index (χ3n) is 3.43. The maximum absolute atomic E-state index is 11.7. The molecule has 1 fully saturated rings. The van der Waals surface area contributed by atoms with Crippen LogP contribution in [0.25, 0.3) is 0 Å². The van der Waals surface area contributed by atoms with Crippen molar-refractivity contribution in [3.63, 3.8) is 0 Å². The Morgan fingerprint density at radius 2 is 2.06 bits per heavy atom. The van der Waals surface area contributed by atoms with Crippen molar-refractivity contribution in [2.45, 2.75) is 52.5 Å². The number of unbranched alkanes of at least 4 members (excludes halogenated alkanes) is 2. The van der Waals surface area contributed by atoms with E-state index in [1.165, 1.54) is 6.42 Å². The highest BCUT2D eigenvalue weighted by molar-refractivity contribution is 6.00. The molecule has 4 nitrogen and oxygen atoms in total. The lowest BCUT2D eigenvalue weighted by Gasteiger charge is -2.17. The van der Waals surface area contributed by atoms with Crippen LogP contribution >= 0.6 is 0 Å². The lowest BCUT2D eigenvalue weighted by Crippen LogP contribution is -2.29. The third kappa shape index (κ3) is 3.45. The predicted molar refractivity (Wildman–Crippen MR) is 65.4 cm³/mol. The molecule has 0 bridgehead atoms. The SMILES string of the molecule is CCCCCC1NC(=O)C(C(=O)OCC)C1C. The van der Waals surface area contributed by atoms with Gasteiger partial charge in [-0.15, -0.1) is 0 Å². The smallest absolute Gasteiger partial charge is 0.318 e. The number of nitrogens with one attached hydrogen (secondary N) is 1. The van der Waals surface area contributed by atoms with Gasteiger partial charge in [-0.3, -0.25) is 9.59 Å². The molecule has 3 atom stereocenters. The Balaban J connectivity index is 2.52. The molecule has 1 amide bonds. The van der Waals surface area contributed by atoms with Crippen molar-refractivity contribution in [1.29, 1.82) is 0 Å². The summed E-state index contributed by atoms with van der Waals surface area (Å²) >= 11 is 0. The number of ether oxygens (including phenoxy) is 1. The van der Waals surface area contributed by atoms with Gasteiger partial charge in [-0.25, -0.2) is 0 Å². The largest absolute Gasteiger partial charge is 0.465 e. The second-order valence-corrected chi connectivity index (χ2v) is 4.70. The second-order valence-electron chi connectivity index (χ2n) is 4.70. The van der Waals surface area contributed by atoms with Gasteiger partial charge in [0, 0.05) is 6.04 Å². The van der Waals surface area contributed by atoms with Crippen LogP contribution in [0.4, 0.5) is 0 Å². The van der Waals surface area contributed by atoms with Gasteiger partial charge in [0.2, 0.25) is 5.91 Å². The first-order valence-electron chi connectivity index (χ1n) is 6.58. The van der Waals surface area contributed by atoms with Crippen LogP contribution in [-0.2, 0) is 14.3 Å². The predicted octanol–water partition coefficient (Wildman–Crippen LogP) is 1.88. The molecule has 17 heavy (non-hydrogen) atoms. The highest BCUT2D eigenvalue weighted by Crippen LogP contribution is 2.27. The van der Waals surface area contributed by atoms with Gasteiger partial charge in [-0.2, -0.15) is 0 Å². The first-order chi connectivity index (χ1) is 8.11. The monoisotopic (exact) mass is 241 g/mol. The zero-order valence-electron chi connectivity index (χ0n) is 11.0. The molecule has 0 aromatic rings. The molecule has 1 aliphatic rings. The summed E-state index contributed by atoms with van der Waals surface area (Å²) < 4.78 is 4.94. The molecule has 0 aromatic carbocycles. The topological polar surface area (TPSA) is 55.4 Å². The van der Waals surface area contributed by atoms with E-state index in [1.54, 1.807) is 6.92 Å². The minimum absolute atomic E-state index is 0.0402. The summed E-state index contributed by atoms with van der Waals surface area (Å²) in [6.45, 7) is 6.19. The first kappa shape index (κ1) is 14.0. The molecule has 0 aromatic heterocycles. The van der Waals surface area contributed by atoms with Crippen LogP contribution in [0.2, 0.25) is 0 Å². The van der Waals surface area contributed by atoms with E-state index in [0.717, 1.165) is 19.3 Å². The van der Waals surface area contributed by atoms with Crippen LogP contribution in [0.15, 0.2) is 0 Å². The number of amides is 1. The minimum Gasteiger partial charge on any atom is -0.465 e. The Labute approximate surface area is 103 Å². The fourth-order valence-corrected chi connectivity index (χ4v) is 2.38. The summed E-state index contributed by atoms with van der Waals surface area (Å²) in [5.41, 5.74) is 0. The fraction of sp³-hybridized carbons (Fsp3) is 0.846. The summed E-state index contributed by atoms with van der Waals surface area (Å²) in [6, 6.07) is 0.128. The molecule has 1 saturated heterocycles. The summed E-state index contributed by atoms with van der Waals surface area (Å²) in [5.74, 6) is -1.12. The number of carbonyl (C=O) groups excluding carboxylic acids is 2. The number of rotatable bonds is 6. The molecule has 0 radical (unpaired) electrons. The Kier molecular flexibility index (Phi) is 5.45. The van der Waals surface area contributed by atoms with Crippen molar-refractivity contribution in [2.75, 3.05) is 6.61 Å². The molecule has 0 saturated carbocycles. The molecular weight excluding hydrogens is 218 g/mol. The van der Waals surface area contributed by atoms with E-state index in [-0.39, 0.29) is 23.8 Å².